The van der Waals surface area contributed by atoms with E-state index in [1.807, 2.05) is 18.2 Å². The van der Waals surface area contributed by atoms with E-state index in [1.165, 1.54) is 0 Å². The van der Waals surface area contributed by atoms with Crippen molar-refractivity contribution in [1.82, 2.24) is 15.2 Å². The molecule has 0 aliphatic rings. The van der Waals surface area contributed by atoms with E-state index in [2.05, 4.69) is 15.2 Å². The molecular formula is C20H15ClFN3O2. The summed E-state index contributed by atoms with van der Waals surface area (Å²) in [5.74, 6) is -0.0885. The third-order valence-corrected chi connectivity index (χ3v) is 4.61. The van der Waals surface area contributed by atoms with Crippen molar-refractivity contribution in [3.8, 4) is 11.5 Å². The van der Waals surface area contributed by atoms with Gasteiger partial charge in [-0.2, -0.15) is 5.10 Å². The maximum Gasteiger partial charge on any atom is 0.267 e. The third kappa shape index (κ3) is 3.31. The smallest absolute Gasteiger partial charge is 0.267 e. The van der Waals surface area contributed by atoms with E-state index < -0.39 is 5.82 Å². The van der Waals surface area contributed by atoms with Crippen LogP contribution in [0.15, 0.2) is 53.5 Å². The Kier molecular flexibility index (Phi) is 4.41. The molecule has 0 amide bonds. The van der Waals surface area contributed by atoms with Crippen molar-refractivity contribution >= 4 is 22.5 Å². The quantitative estimate of drug-likeness (QED) is 0.535. The fraction of sp³-hybridized carbons (Fsp3) is 0.100. The summed E-state index contributed by atoms with van der Waals surface area (Å²) in [7, 11) is 0. The molecule has 2 N–H and O–H groups in total. The largest absolute Gasteiger partial charge is 0.452 e. The lowest BCUT2D eigenvalue weighted by atomic mass is 10.1. The standard InChI is InChI=1S/C20H15ClFN3O2/c1-11-9-13(24-25-20(11)26)10-12-5-6-15(21)19(18(12)22)27-17-4-2-3-16-14(17)7-8-23-16/h2-9,23H,10H2,1H3,(H,25,26). The van der Waals surface area contributed by atoms with Crippen LogP contribution >= 0.6 is 11.6 Å². The number of aromatic nitrogens is 3. The van der Waals surface area contributed by atoms with Gasteiger partial charge in [0.15, 0.2) is 11.6 Å². The fourth-order valence-electron chi connectivity index (χ4n) is 2.90. The zero-order valence-electron chi connectivity index (χ0n) is 14.3. The number of fused-ring (bicyclic) bond motifs is 1. The highest BCUT2D eigenvalue weighted by Crippen LogP contribution is 2.37. The molecule has 0 saturated carbocycles. The predicted molar refractivity (Wildman–Crippen MR) is 102 cm³/mol. The van der Waals surface area contributed by atoms with Gasteiger partial charge < -0.3 is 9.72 Å². The van der Waals surface area contributed by atoms with Crippen LogP contribution in [0.25, 0.3) is 10.9 Å². The van der Waals surface area contributed by atoms with Crippen LogP contribution in [-0.2, 0) is 6.42 Å². The van der Waals surface area contributed by atoms with E-state index in [0.29, 0.717) is 22.6 Å². The van der Waals surface area contributed by atoms with Crippen molar-refractivity contribution in [2.45, 2.75) is 13.3 Å². The van der Waals surface area contributed by atoms with Crippen molar-refractivity contribution in [2.75, 3.05) is 0 Å². The first kappa shape index (κ1) is 17.3. The first-order chi connectivity index (χ1) is 13.0. The minimum Gasteiger partial charge on any atom is -0.452 e. The molecule has 0 atom stereocenters. The molecule has 0 aliphatic carbocycles. The first-order valence-electron chi connectivity index (χ1n) is 8.29. The minimum absolute atomic E-state index is 0.0380. The Morgan fingerprint density at radius 1 is 1.22 bits per heavy atom. The van der Waals surface area contributed by atoms with Crippen molar-refractivity contribution in [2.24, 2.45) is 0 Å². The van der Waals surface area contributed by atoms with Gasteiger partial charge in [0.25, 0.3) is 5.56 Å². The predicted octanol–water partition coefficient (Wildman–Crippen LogP) is 4.74. The van der Waals surface area contributed by atoms with Gasteiger partial charge in [-0.05, 0) is 42.8 Å². The van der Waals surface area contributed by atoms with Crippen LogP contribution in [-0.4, -0.2) is 15.2 Å². The highest BCUT2D eigenvalue weighted by atomic mass is 35.5. The molecule has 4 aromatic rings. The van der Waals surface area contributed by atoms with Crippen molar-refractivity contribution in [1.29, 1.82) is 0 Å². The van der Waals surface area contributed by atoms with Crippen LogP contribution in [0.5, 0.6) is 11.5 Å². The lowest BCUT2D eigenvalue weighted by Crippen LogP contribution is -2.13. The first-order valence-corrected chi connectivity index (χ1v) is 8.67. The number of aromatic amines is 2. The Bertz CT molecular complexity index is 1200. The molecule has 2 aromatic carbocycles. The molecule has 2 aromatic heterocycles. The molecule has 5 nitrogen and oxygen atoms in total. The molecule has 7 heteroatoms. The number of aryl methyl sites for hydroxylation is 1. The molecule has 2 heterocycles. The number of nitrogens with one attached hydrogen (secondary N) is 2. The zero-order chi connectivity index (χ0) is 19.0. The van der Waals surface area contributed by atoms with E-state index >= 15 is 4.39 Å². The number of benzene rings is 2. The molecule has 0 bridgehead atoms. The molecule has 27 heavy (non-hydrogen) atoms. The summed E-state index contributed by atoms with van der Waals surface area (Å²) in [5.41, 5.74) is 2.05. The second-order valence-corrected chi connectivity index (χ2v) is 6.60. The van der Waals surface area contributed by atoms with Gasteiger partial charge in [0.1, 0.15) is 5.75 Å². The summed E-state index contributed by atoms with van der Waals surface area (Å²) in [6.07, 6.45) is 1.99. The van der Waals surface area contributed by atoms with Crippen LogP contribution < -0.4 is 10.3 Å². The van der Waals surface area contributed by atoms with E-state index in [1.54, 1.807) is 37.4 Å². The molecule has 0 unspecified atom stereocenters. The summed E-state index contributed by atoms with van der Waals surface area (Å²) in [6, 6.07) is 12.1. The molecule has 136 valence electrons. The normalized spacial score (nSPS) is 11.1. The Morgan fingerprint density at radius 2 is 2.07 bits per heavy atom. The van der Waals surface area contributed by atoms with Gasteiger partial charge in [0.05, 0.1) is 10.7 Å². The summed E-state index contributed by atoms with van der Waals surface area (Å²) in [4.78, 5) is 14.5. The monoisotopic (exact) mass is 383 g/mol. The van der Waals surface area contributed by atoms with Crippen LogP contribution in [0.2, 0.25) is 5.02 Å². The van der Waals surface area contributed by atoms with Crippen LogP contribution in [0, 0.1) is 12.7 Å². The topological polar surface area (TPSA) is 70.8 Å². The molecule has 4 rings (SSSR count). The Labute approximate surface area is 158 Å². The maximum absolute atomic E-state index is 15.1. The summed E-state index contributed by atoms with van der Waals surface area (Å²) in [5, 5.41) is 7.37. The van der Waals surface area contributed by atoms with Crippen molar-refractivity contribution in [3.05, 3.63) is 86.7 Å². The molecule has 0 fully saturated rings. The van der Waals surface area contributed by atoms with E-state index in [-0.39, 0.29) is 22.8 Å². The van der Waals surface area contributed by atoms with Gasteiger partial charge in [0, 0.05) is 29.1 Å². The minimum atomic E-state index is -0.555. The Hall–Kier alpha value is -3.12. The van der Waals surface area contributed by atoms with Gasteiger partial charge in [-0.25, -0.2) is 9.49 Å². The van der Waals surface area contributed by atoms with Crippen molar-refractivity contribution < 1.29 is 9.13 Å². The lowest BCUT2D eigenvalue weighted by Gasteiger charge is -2.12. The second-order valence-electron chi connectivity index (χ2n) is 6.19. The number of rotatable bonds is 4. The van der Waals surface area contributed by atoms with Gasteiger partial charge in [-0.1, -0.05) is 23.7 Å². The lowest BCUT2D eigenvalue weighted by molar-refractivity contribution is 0.443. The molecule has 0 radical (unpaired) electrons. The number of nitrogens with zero attached hydrogens (tertiary/aromatic N) is 1. The highest BCUT2D eigenvalue weighted by molar-refractivity contribution is 6.32. The average molecular weight is 384 g/mol. The van der Waals surface area contributed by atoms with E-state index in [4.69, 9.17) is 16.3 Å². The number of ether oxygens (including phenoxy) is 1. The summed E-state index contributed by atoms with van der Waals surface area (Å²) >= 11 is 6.19. The maximum atomic E-state index is 15.1. The van der Waals surface area contributed by atoms with E-state index in [9.17, 15) is 4.79 Å². The summed E-state index contributed by atoms with van der Waals surface area (Å²) < 4.78 is 20.9. The van der Waals surface area contributed by atoms with Crippen LogP contribution in [0.3, 0.4) is 0 Å². The zero-order valence-corrected chi connectivity index (χ0v) is 15.1. The fourth-order valence-corrected chi connectivity index (χ4v) is 3.09. The van der Waals surface area contributed by atoms with Gasteiger partial charge in [0.2, 0.25) is 0 Å². The van der Waals surface area contributed by atoms with Gasteiger partial charge in [-0.15, -0.1) is 0 Å². The highest BCUT2D eigenvalue weighted by Gasteiger charge is 2.17. The number of H-pyrrole nitrogens is 2. The third-order valence-electron chi connectivity index (χ3n) is 4.31. The average Bonchev–Trinajstić information content (AvgIpc) is 3.13. The van der Waals surface area contributed by atoms with Crippen LogP contribution in [0.1, 0.15) is 16.8 Å². The molecule has 0 saturated heterocycles. The number of halogens is 2. The summed E-state index contributed by atoms with van der Waals surface area (Å²) in [6.45, 7) is 1.67. The van der Waals surface area contributed by atoms with Crippen LogP contribution in [0.4, 0.5) is 4.39 Å². The molecular weight excluding hydrogens is 369 g/mol. The molecule has 0 aliphatic heterocycles. The SMILES string of the molecule is Cc1cc(Cc2ccc(Cl)c(Oc3cccc4[nH]ccc34)c2F)n[nH]c1=O. The van der Waals surface area contributed by atoms with Gasteiger partial charge >= 0.3 is 0 Å². The van der Waals surface area contributed by atoms with Crippen molar-refractivity contribution in [3.63, 3.8) is 0 Å². The number of hydrogen-bond acceptors (Lipinski definition) is 3. The Morgan fingerprint density at radius 3 is 2.89 bits per heavy atom. The number of hydrogen-bond donors (Lipinski definition) is 2. The Balaban J connectivity index is 1.71. The molecule has 0 spiro atoms. The second kappa shape index (κ2) is 6.89. The van der Waals surface area contributed by atoms with E-state index in [0.717, 1.165) is 10.9 Å². The van der Waals surface area contributed by atoms with Gasteiger partial charge in [-0.3, -0.25) is 4.79 Å².